The number of halogens is 1. The summed E-state index contributed by atoms with van der Waals surface area (Å²) >= 11 is 4.55. The van der Waals surface area contributed by atoms with Gasteiger partial charge in [-0.3, -0.25) is 4.79 Å². The molecule has 0 radical (unpaired) electrons. The predicted molar refractivity (Wildman–Crippen MR) is 83.9 cm³/mol. The minimum atomic E-state index is -0.313. The highest BCUT2D eigenvalue weighted by atomic mass is 79.9. The topological polar surface area (TPSA) is 80.9 Å². The van der Waals surface area contributed by atoms with E-state index in [9.17, 15) is 4.79 Å². The van der Waals surface area contributed by atoms with E-state index in [4.69, 9.17) is 5.73 Å². The Morgan fingerprint density at radius 2 is 1.90 bits per heavy atom. The number of fused-ring (bicyclic) bond motifs is 1. The number of carbonyl (C=O) groups excluding carboxylic acids is 1. The fraction of sp³-hybridized carbons (Fsp3) is 0. The Labute approximate surface area is 127 Å². The van der Waals surface area contributed by atoms with E-state index in [1.807, 2.05) is 36.4 Å². The summed E-state index contributed by atoms with van der Waals surface area (Å²) < 4.78 is 0.978. The van der Waals surface area contributed by atoms with Gasteiger partial charge in [0.15, 0.2) is 0 Å². The summed E-state index contributed by atoms with van der Waals surface area (Å²) in [4.78, 5) is 12.1. The van der Waals surface area contributed by atoms with E-state index >= 15 is 0 Å². The number of hydrogen-bond acceptors (Lipinski definition) is 5. The van der Waals surface area contributed by atoms with Gasteiger partial charge in [-0.1, -0.05) is 51.5 Å². The zero-order valence-electron chi connectivity index (χ0n) is 10.1. The highest BCUT2D eigenvalue weighted by molar-refractivity contribution is 9.10. The number of nitrogens with zero attached hydrogens (tertiary/aromatic N) is 2. The summed E-state index contributed by atoms with van der Waals surface area (Å²) in [5.74, 6) is -0.313. The molecular weight excluding hydrogens is 340 g/mol. The first kappa shape index (κ1) is 13.0. The van der Waals surface area contributed by atoms with Crippen LogP contribution >= 0.6 is 27.3 Å². The molecule has 0 aliphatic carbocycles. The second-order valence-electron chi connectivity index (χ2n) is 4.04. The van der Waals surface area contributed by atoms with Crippen LogP contribution in [-0.2, 0) is 0 Å². The summed E-state index contributed by atoms with van der Waals surface area (Å²) in [5.41, 5.74) is 6.20. The SMILES string of the molecule is Nc1nnc(C(=O)Nc2ccc(Br)c3ccccc23)s1. The first-order valence-corrected chi connectivity index (χ1v) is 7.33. The fourth-order valence-corrected chi connectivity index (χ4v) is 2.86. The van der Waals surface area contributed by atoms with Crippen LogP contribution in [0.15, 0.2) is 40.9 Å². The van der Waals surface area contributed by atoms with Gasteiger partial charge in [0.2, 0.25) is 10.1 Å². The Kier molecular flexibility index (Phi) is 3.37. The monoisotopic (exact) mass is 348 g/mol. The van der Waals surface area contributed by atoms with Gasteiger partial charge in [0, 0.05) is 15.5 Å². The van der Waals surface area contributed by atoms with Crippen LogP contribution in [0.4, 0.5) is 10.8 Å². The van der Waals surface area contributed by atoms with Crippen LogP contribution in [-0.4, -0.2) is 16.1 Å². The van der Waals surface area contributed by atoms with E-state index in [1.165, 1.54) is 0 Å². The number of carbonyl (C=O) groups is 1. The second kappa shape index (κ2) is 5.18. The first-order valence-electron chi connectivity index (χ1n) is 5.73. The van der Waals surface area contributed by atoms with Crippen molar-refractivity contribution < 1.29 is 4.79 Å². The van der Waals surface area contributed by atoms with Crippen molar-refractivity contribution in [3.05, 3.63) is 45.9 Å². The molecule has 1 heterocycles. The van der Waals surface area contributed by atoms with Gasteiger partial charge in [0.05, 0.1) is 0 Å². The van der Waals surface area contributed by atoms with Crippen LogP contribution in [0.1, 0.15) is 9.80 Å². The highest BCUT2D eigenvalue weighted by Crippen LogP contribution is 2.30. The van der Waals surface area contributed by atoms with Crippen molar-refractivity contribution in [2.45, 2.75) is 0 Å². The number of hydrogen-bond donors (Lipinski definition) is 2. The number of aromatic nitrogens is 2. The molecule has 0 saturated heterocycles. The summed E-state index contributed by atoms with van der Waals surface area (Å²) in [6, 6.07) is 11.5. The molecule has 0 unspecified atom stereocenters. The number of nitrogen functional groups attached to an aromatic ring is 1. The van der Waals surface area contributed by atoms with Crippen molar-refractivity contribution in [3.63, 3.8) is 0 Å². The average molecular weight is 349 g/mol. The number of nitrogens with two attached hydrogens (primary N) is 1. The molecule has 5 nitrogen and oxygen atoms in total. The molecule has 0 aliphatic rings. The highest BCUT2D eigenvalue weighted by Gasteiger charge is 2.13. The Balaban J connectivity index is 1.99. The van der Waals surface area contributed by atoms with Gasteiger partial charge in [-0.25, -0.2) is 0 Å². The predicted octanol–water partition coefficient (Wildman–Crippen LogP) is 3.29. The quantitative estimate of drug-likeness (QED) is 0.744. The minimum absolute atomic E-state index is 0.245. The van der Waals surface area contributed by atoms with Gasteiger partial charge in [-0.15, -0.1) is 10.2 Å². The number of anilines is 2. The van der Waals surface area contributed by atoms with Crippen molar-refractivity contribution >= 4 is 54.8 Å². The normalized spacial score (nSPS) is 10.7. The first-order chi connectivity index (χ1) is 9.65. The lowest BCUT2D eigenvalue weighted by molar-refractivity contribution is 0.102. The van der Waals surface area contributed by atoms with Crippen molar-refractivity contribution in [1.29, 1.82) is 0 Å². The number of amides is 1. The van der Waals surface area contributed by atoms with Crippen LogP contribution < -0.4 is 11.1 Å². The van der Waals surface area contributed by atoms with E-state index in [0.29, 0.717) is 0 Å². The summed E-state index contributed by atoms with van der Waals surface area (Å²) in [6.45, 7) is 0. The van der Waals surface area contributed by atoms with E-state index in [-0.39, 0.29) is 16.0 Å². The van der Waals surface area contributed by atoms with Crippen LogP contribution in [0, 0.1) is 0 Å². The molecular formula is C13H9BrN4OS. The zero-order chi connectivity index (χ0) is 14.1. The maximum absolute atomic E-state index is 12.1. The van der Waals surface area contributed by atoms with Crippen molar-refractivity contribution in [2.24, 2.45) is 0 Å². The summed E-state index contributed by atoms with van der Waals surface area (Å²) in [7, 11) is 0. The molecule has 3 rings (SSSR count). The lowest BCUT2D eigenvalue weighted by atomic mass is 10.1. The molecule has 0 saturated carbocycles. The largest absolute Gasteiger partial charge is 0.374 e. The molecule has 0 spiro atoms. The van der Waals surface area contributed by atoms with Gasteiger partial charge < -0.3 is 11.1 Å². The fourth-order valence-electron chi connectivity index (χ4n) is 1.87. The van der Waals surface area contributed by atoms with Crippen molar-refractivity contribution in [2.75, 3.05) is 11.1 Å². The Morgan fingerprint density at radius 1 is 1.15 bits per heavy atom. The number of rotatable bonds is 2. The van der Waals surface area contributed by atoms with Crippen molar-refractivity contribution in [1.82, 2.24) is 10.2 Å². The average Bonchev–Trinajstić information content (AvgIpc) is 2.89. The number of nitrogens with one attached hydrogen (secondary N) is 1. The molecule has 1 aromatic heterocycles. The van der Waals surface area contributed by atoms with E-state index in [0.717, 1.165) is 32.3 Å². The Morgan fingerprint density at radius 3 is 2.60 bits per heavy atom. The zero-order valence-corrected chi connectivity index (χ0v) is 12.5. The van der Waals surface area contributed by atoms with E-state index < -0.39 is 0 Å². The molecule has 2 aromatic carbocycles. The van der Waals surface area contributed by atoms with Crippen LogP contribution in [0.2, 0.25) is 0 Å². The van der Waals surface area contributed by atoms with Gasteiger partial charge in [-0.2, -0.15) is 0 Å². The second-order valence-corrected chi connectivity index (χ2v) is 5.90. The van der Waals surface area contributed by atoms with Gasteiger partial charge >= 0.3 is 0 Å². The Bertz CT molecular complexity index is 802. The molecule has 1 amide bonds. The third kappa shape index (κ3) is 2.37. The molecule has 0 fully saturated rings. The van der Waals surface area contributed by atoms with E-state index in [2.05, 4.69) is 31.4 Å². The number of benzene rings is 2. The van der Waals surface area contributed by atoms with Gasteiger partial charge in [-0.05, 0) is 17.5 Å². The lowest BCUT2D eigenvalue weighted by Gasteiger charge is -2.08. The van der Waals surface area contributed by atoms with E-state index in [1.54, 1.807) is 0 Å². The molecule has 100 valence electrons. The third-order valence-corrected chi connectivity index (χ3v) is 4.20. The van der Waals surface area contributed by atoms with Crippen LogP contribution in [0.25, 0.3) is 10.8 Å². The van der Waals surface area contributed by atoms with Crippen LogP contribution in [0.5, 0.6) is 0 Å². The third-order valence-electron chi connectivity index (χ3n) is 2.75. The van der Waals surface area contributed by atoms with Crippen LogP contribution in [0.3, 0.4) is 0 Å². The smallest absolute Gasteiger partial charge is 0.286 e. The lowest BCUT2D eigenvalue weighted by Crippen LogP contribution is -2.11. The maximum Gasteiger partial charge on any atom is 0.286 e. The molecule has 0 bridgehead atoms. The molecule has 0 atom stereocenters. The van der Waals surface area contributed by atoms with Gasteiger partial charge in [0.25, 0.3) is 5.91 Å². The van der Waals surface area contributed by atoms with Crippen molar-refractivity contribution in [3.8, 4) is 0 Å². The molecule has 3 aromatic rings. The standard InChI is InChI=1S/C13H9BrN4OS/c14-9-5-6-10(8-4-2-1-3-7(8)9)16-11(19)12-17-18-13(15)20-12/h1-6H,(H2,15,18)(H,16,19). The van der Waals surface area contributed by atoms with Gasteiger partial charge in [0.1, 0.15) is 0 Å². The summed E-state index contributed by atoms with van der Waals surface area (Å²) in [5, 5.41) is 12.7. The molecule has 20 heavy (non-hydrogen) atoms. The molecule has 7 heteroatoms. The molecule has 0 aliphatic heterocycles. The molecule has 3 N–H and O–H groups in total. The maximum atomic E-state index is 12.1. The minimum Gasteiger partial charge on any atom is -0.374 e. The summed E-state index contributed by atoms with van der Waals surface area (Å²) in [6.07, 6.45) is 0. The Hall–Kier alpha value is -1.99.